The summed E-state index contributed by atoms with van der Waals surface area (Å²) < 4.78 is 26.3. The molecule has 12 heteroatoms. The number of hydrogen-bond donors (Lipinski definition) is 0. The van der Waals surface area contributed by atoms with E-state index >= 15 is 4.79 Å². The van der Waals surface area contributed by atoms with Gasteiger partial charge in [0.1, 0.15) is 17.4 Å². The zero-order chi connectivity index (χ0) is 49.4. The van der Waals surface area contributed by atoms with Crippen molar-refractivity contribution >= 4 is 61.2 Å². The lowest BCUT2D eigenvalue weighted by atomic mass is 9.97. The molecular formula is C55H74N2O8Si2. The second-order valence-electron chi connectivity index (χ2n) is 21.1. The number of ether oxygens (including phenoxy) is 2. The van der Waals surface area contributed by atoms with Gasteiger partial charge in [0.15, 0.2) is 0 Å². The van der Waals surface area contributed by atoms with Crippen LogP contribution in [0.1, 0.15) is 102 Å². The van der Waals surface area contributed by atoms with Gasteiger partial charge in [-0.3, -0.25) is 19.3 Å². The van der Waals surface area contributed by atoms with Crippen molar-refractivity contribution in [2.45, 2.75) is 130 Å². The van der Waals surface area contributed by atoms with Crippen molar-refractivity contribution in [1.82, 2.24) is 9.80 Å². The Morgan fingerprint density at radius 3 is 1.37 bits per heavy atom. The minimum Gasteiger partial charge on any atom is -0.499 e. The first-order valence-electron chi connectivity index (χ1n) is 23.7. The van der Waals surface area contributed by atoms with Gasteiger partial charge in [0.25, 0.3) is 28.4 Å². The maximum Gasteiger partial charge on any atom is 0.417 e. The van der Waals surface area contributed by atoms with Gasteiger partial charge in [0.2, 0.25) is 5.91 Å². The van der Waals surface area contributed by atoms with Crippen molar-refractivity contribution < 1.29 is 37.5 Å². The second kappa shape index (κ2) is 21.9. The minimum absolute atomic E-state index is 0.00729. The molecule has 1 heterocycles. The number of hydrogen-bond acceptors (Lipinski definition) is 8. The fourth-order valence-corrected chi connectivity index (χ4v) is 18.9. The molecule has 5 rings (SSSR count). The fraction of sp³-hybridized carbons (Fsp3) is 0.455. The van der Waals surface area contributed by atoms with Gasteiger partial charge >= 0.3 is 6.09 Å². The van der Waals surface area contributed by atoms with Gasteiger partial charge < -0.3 is 18.3 Å². The molecule has 1 aliphatic rings. The van der Waals surface area contributed by atoms with E-state index in [4.69, 9.17) is 18.3 Å². The Hall–Kier alpha value is -5.15. The Labute approximate surface area is 402 Å². The number of nitrogens with zero attached hydrogens (tertiary/aromatic N) is 2. The van der Waals surface area contributed by atoms with Crippen molar-refractivity contribution in [3.8, 4) is 0 Å². The molecule has 0 aromatic heterocycles. The molecule has 0 radical (unpaired) electrons. The van der Waals surface area contributed by atoms with Gasteiger partial charge in [0.05, 0.1) is 13.2 Å². The quantitative estimate of drug-likeness (QED) is 0.0910. The highest BCUT2D eigenvalue weighted by Crippen LogP contribution is 2.39. The average molecular weight is 947 g/mol. The van der Waals surface area contributed by atoms with Crippen LogP contribution >= 0.6 is 0 Å². The molecule has 0 saturated carbocycles. The number of carbonyl (C=O) groups excluding carboxylic acids is 4. The van der Waals surface area contributed by atoms with Crippen LogP contribution in [0.3, 0.4) is 0 Å². The van der Waals surface area contributed by atoms with Gasteiger partial charge in [-0.15, -0.1) is 0 Å². The van der Waals surface area contributed by atoms with Crippen LogP contribution in [-0.2, 0) is 32.7 Å². The molecule has 4 atom stereocenters. The molecule has 67 heavy (non-hydrogen) atoms. The van der Waals surface area contributed by atoms with E-state index in [1.807, 2.05) is 86.6 Å². The molecule has 4 amide bonds. The Kier molecular flexibility index (Phi) is 17.2. The molecule has 0 saturated heterocycles. The first kappa shape index (κ1) is 52.8. The zero-order valence-electron chi connectivity index (χ0n) is 42.1. The number of carbonyl (C=O) groups is 4. The van der Waals surface area contributed by atoms with E-state index < -0.39 is 58.1 Å². The van der Waals surface area contributed by atoms with Crippen LogP contribution in [0.25, 0.3) is 0 Å². The molecule has 0 aliphatic carbocycles. The summed E-state index contributed by atoms with van der Waals surface area (Å²) in [5.41, 5.74) is -0.980. The van der Waals surface area contributed by atoms with Crippen molar-refractivity contribution in [2.24, 2.45) is 11.8 Å². The van der Waals surface area contributed by atoms with Crippen molar-refractivity contribution in [3.05, 3.63) is 133 Å². The molecule has 0 spiro atoms. The third-order valence-corrected chi connectivity index (χ3v) is 22.6. The summed E-state index contributed by atoms with van der Waals surface area (Å²) in [5.74, 6) is -2.10. The maximum atomic E-state index is 15.5. The number of methoxy groups -OCH3 is 1. The molecule has 4 aromatic carbocycles. The Bertz CT molecular complexity index is 2230. The summed E-state index contributed by atoms with van der Waals surface area (Å²) >= 11 is 0. The van der Waals surface area contributed by atoms with E-state index in [0.717, 1.165) is 25.6 Å². The number of benzene rings is 4. The lowest BCUT2D eigenvalue weighted by Crippen LogP contribution is -2.67. The molecule has 10 nitrogen and oxygen atoms in total. The van der Waals surface area contributed by atoms with Gasteiger partial charge in [-0.05, 0) is 76.3 Å². The maximum absolute atomic E-state index is 15.5. The van der Waals surface area contributed by atoms with Gasteiger partial charge in [-0.2, -0.15) is 0 Å². The zero-order valence-corrected chi connectivity index (χ0v) is 44.1. The predicted molar refractivity (Wildman–Crippen MR) is 273 cm³/mol. The largest absolute Gasteiger partial charge is 0.499 e. The minimum atomic E-state index is -3.01. The standard InChI is InChI=1S/C55H74N2O8Si2/c1-14-49(58)57(52(61)65-53(4,5)6)47(36-41(3)39-64-67(55(10,11)12,44-31-23-17-24-32-44)45-33-25-18-26-34-45)51(60)56-46(48(62-13)37-50(56)59)35-40(2)38-63-66(54(7,8)9,42-27-19-15-20-28-42)43-29-21-16-22-30-43/h15-34,37,40-41,46-47H,14,35-36,38-39H2,1-13H3/t40-,41-,46-,47+/m0/s1. The van der Waals surface area contributed by atoms with Crippen molar-refractivity contribution in [1.29, 1.82) is 0 Å². The Morgan fingerprint density at radius 2 is 1.03 bits per heavy atom. The average Bonchev–Trinajstić information content (AvgIpc) is 3.59. The normalized spacial score (nSPS) is 16.2. The molecule has 1 aliphatic heterocycles. The van der Waals surface area contributed by atoms with Crippen LogP contribution in [0.2, 0.25) is 10.1 Å². The summed E-state index contributed by atoms with van der Waals surface area (Å²) in [4.78, 5) is 60.1. The number of imide groups is 2. The predicted octanol–water partition coefficient (Wildman–Crippen LogP) is 9.00. The highest BCUT2D eigenvalue weighted by Gasteiger charge is 2.53. The molecule has 0 bridgehead atoms. The smallest absolute Gasteiger partial charge is 0.417 e. The monoisotopic (exact) mass is 946 g/mol. The molecule has 0 fully saturated rings. The van der Waals surface area contributed by atoms with E-state index in [1.165, 1.54) is 18.1 Å². The molecule has 0 N–H and O–H groups in total. The highest BCUT2D eigenvalue weighted by atomic mass is 28.4. The third-order valence-electron chi connectivity index (χ3n) is 12.6. The van der Waals surface area contributed by atoms with Crippen LogP contribution in [-0.4, -0.2) is 88.3 Å². The Morgan fingerprint density at radius 1 is 0.642 bits per heavy atom. The first-order chi connectivity index (χ1) is 31.5. The van der Waals surface area contributed by atoms with Crippen LogP contribution in [0.5, 0.6) is 0 Å². The van der Waals surface area contributed by atoms with E-state index in [-0.39, 0.29) is 41.4 Å². The molecule has 4 aromatic rings. The molecule has 0 unspecified atom stereocenters. The van der Waals surface area contributed by atoms with E-state index in [2.05, 4.69) is 90.1 Å². The fourth-order valence-electron chi connectivity index (χ4n) is 9.56. The molecular weight excluding hydrogens is 873 g/mol. The summed E-state index contributed by atoms with van der Waals surface area (Å²) in [6, 6.07) is 39.1. The van der Waals surface area contributed by atoms with Crippen molar-refractivity contribution in [3.63, 3.8) is 0 Å². The van der Waals surface area contributed by atoms with E-state index in [1.54, 1.807) is 27.7 Å². The topological polar surface area (TPSA) is 112 Å². The number of rotatable bonds is 18. The van der Waals surface area contributed by atoms with Crippen LogP contribution in [0.15, 0.2) is 133 Å². The summed E-state index contributed by atoms with van der Waals surface area (Å²) in [5, 5.41) is 3.90. The number of amides is 4. The van der Waals surface area contributed by atoms with E-state index in [9.17, 15) is 14.4 Å². The summed E-state index contributed by atoms with van der Waals surface area (Å²) in [7, 11) is -4.45. The van der Waals surface area contributed by atoms with Gasteiger partial charge in [-0.1, -0.05) is 184 Å². The van der Waals surface area contributed by atoms with Gasteiger partial charge in [-0.25, -0.2) is 9.69 Å². The highest BCUT2D eigenvalue weighted by molar-refractivity contribution is 7.00. The summed E-state index contributed by atoms with van der Waals surface area (Å²) in [6.07, 6.45) is 0.624. The lowest BCUT2D eigenvalue weighted by Gasteiger charge is -2.44. The third kappa shape index (κ3) is 11.8. The summed E-state index contributed by atoms with van der Waals surface area (Å²) in [6.45, 7) is 24.6. The Balaban J connectivity index is 1.52. The SMILES string of the molecule is CCC(=O)N(C(=O)OC(C)(C)C)[C@H](C[C@H](C)CO[Si](c1ccccc1)(c1ccccc1)C(C)(C)C)C(=O)N1C(=O)C=C(OC)[C@@H]1C[C@H](C)CO[Si](c1ccccc1)(c1ccccc1)C(C)(C)C. The van der Waals surface area contributed by atoms with Crippen LogP contribution in [0.4, 0.5) is 4.79 Å². The van der Waals surface area contributed by atoms with E-state index in [0.29, 0.717) is 18.8 Å². The second-order valence-corrected chi connectivity index (χ2v) is 29.7. The first-order valence-corrected chi connectivity index (χ1v) is 27.5. The van der Waals surface area contributed by atoms with Crippen LogP contribution in [0, 0.1) is 11.8 Å². The lowest BCUT2D eigenvalue weighted by molar-refractivity contribution is -0.152. The molecule has 360 valence electrons. The van der Waals surface area contributed by atoms with Crippen molar-refractivity contribution in [2.75, 3.05) is 20.3 Å². The van der Waals surface area contributed by atoms with Gasteiger partial charge in [0, 0.05) is 25.7 Å². The van der Waals surface area contributed by atoms with Crippen LogP contribution < -0.4 is 20.7 Å².